The number of nitrogens with zero attached hydrogens (tertiary/aromatic N) is 1. The number of anilines is 2. The van der Waals surface area contributed by atoms with Crippen molar-refractivity contribution < 1.29 is 17.9 Å². The molecule has 0 unspecified atom stereocenters. The van der Waals surface area contributed by atoms with E-state index in [2.05, 4.69) is 18.6 Å². The molecule has 2 aromatic rings. The quantitative estimate of drug-likeness (QED) is 0.728. The number of carbonyl (C=O) groups is 1. The molecule has 0 atom stereocenters. The van der Waals surface area contributed by atoms with Gasteiger partial charge in [0.05, 0.1) is 11.5 Å². The molecule has 0 bridgehead atoms. The summed E-state index contributed by atoms with van der Waals surface area (Å²) in [7, 11) is -3.71. The Bertz CT molecular complexity index is 969. The standard InChI is InChI=1S/C22H28N2O4S/c1-16(2)15-28-19-8-10-20(11-9-19)29(26,27)23-18-7-12-21(17(3)14-18)24-13-5-4-6-22(24)25/h7-12,14,16,23H,4-6,13,15H2,1-3H3. The monoisotopic (exact) mass is 416 g/mol. The Morgan fingerprint density at radius 1 is 1.10 bits per heavy atom. The lowest BCUT2D eigenvalue weighted by molar-refractivity contribution is -0.119. The number of sulfonamides is 1. The minimum atomic E-state index is -3.71. The SMILES string of the molecule is Cc1cc(NS(=O)(=O)c2ccc(OCC(C)C)cc2)ccc1N1CCCCC1=O. The molecule has 1 aliphatic heterocycles. The summed E-state index contributed by atoms with van der Waals surface area (Å²) in [5.74, 6) is 1.16. The van der Waals surface area contributed by atoms with E-state index in [0.29, 0.717) is 36.9 Å². The molecule has 1 amide bonds. The second-order valence-electron chi connectivity index (χ2n) is 7.79. The first-order valence-corrected chi connectivity index (χ1v) is 11.4. The van der Waals surface area contributed by atoms with Gasteiger partial charge in [0, 0.05) is 24.3 Å². The van der Waals surface area contributed by atoms with Gasteiger partial charge >= 0.3 is 0 Å². The fourth-order valence-corrected chi connectivity index (χ4v) is 4.32. The second-order valence-corrected chi connectivity index (χ2v) is 9.47. The van der Waals surface area contributed by atoms with Crippen molar-refractivity contribution in [2.45, 2.75) is 44.9 Å². The van der Waals surface area contributed by atoms with Gasteiger partial charge in [-0.3, -0.25) is 9.52 Å². The van der Waals surface area contributed by atoms with Crippen molar-refractivity contribution in [1.82, 2.24) is 0 Å². The third kappa shape index (κ3) is 5.29. The second kappa shape index (κ2) is 8.86. The summed E-state index contributed by atoms with van der Waals surface area (Å²) in [6, 6.07) is 11.6. The Morgan fingerprint density at radius 2 is 1.83 bits per heavy atom. The lowest BCUT2D eigenvalue weighted by Crippen LogP contribution is -2.35. The third-order valence-electron chi connectivity index (χ3n) is 4.78. The van der Waals surface area contributed by atoms with E-state index >= 15 is 0 Å². The van der Waals surface area contributed by atoms with Crippen LogP contribution < -0.4 is 14.4 Å². The lowest BCUT2D eigenvalue weighted by atomic mass is 10.1. The normalized spacial score (nSPS) is 14.9. The van der Waals surface area contributed by atoms with E-state index in [1.165, 1.54) is 12.1 Å². The molecule has 1 aliphatic rings. The first-order chi connectivity index (χ1) is 13.8. The van der Waals surface area contributed by atoms with Crippen LogP contribution in [0.25, 0.3) is 0 Å². The zero-order chi connectivity index (χ0) is 21.0. The van der Waals surface area contributed by atoms with E-state index in [4.69, 9.17) is 4.74 Å². The number of amides is 1. The van der Waals surface area contributed by atoms with Crippen LogP contribution in [0.1, 0.15) is 38.7 Å². The largest absolute Gasteiger partial charge is 0.493 e. The van der Waals surface area contributed by atoms with Crippen LogP contribution in [-0.4, -0.2) is 27.5 Å². The molecule has 0 spiro atoms. The minimum Gasteiger partial charge on any atom is -0.493 e. The summed E-state index contributed by atoms with van der Waals surface area (Å²) in [5.41, 5.74) is 2.16. The first kappa shape index (κ1) is 21.2. The maximum Gasteiger partial charge on any atom is 0.261 e. The summed E-state index contributed by atoms with van der Waals surface area (Å²) < 4.78 is 33.6. The van der Waals surface area contributed by atoms with Crippen LogP contribution in [0.5, 0.6) is 5.75 Å². The Balaban J connectivity index is 1.73. The minimum absolute atomic E-state index is 0.118. The van der Waals surface area contributed by atoms with E-state index in [0.717, 1.165) is 24.1 Å². The Labute approximate surface area is 172 Å². The molecule has 29 heavy (non-hydrogen) atoms. The smallest absolute Gasteiger partial charge is 0.261 e. The van der Waals surface area contributed by atoms with Crippen molar-refractivity contribution in [3.8, 4) is 5.75 Å². The highest BCUT2D eigenvalue weighted by Crippen LogP contribution is 2.28. The lowest BCUT2D eigenvalue weighted by Gasteiger charge is -2.28. The van der Waals surface area contributed by atoms with Crippen molar-refractivity contribution in [1.29, 1.82) is 0 Å². The fourth-order valence-electron chi connectivity index (χ4n) is 3.27. The van der Waals surface area contributed by atoms with Crippen LogP contribution in [0.2, 0.25) is 0 Å². The van der Waals surface area contributed by atoms with Gasteiger partial charge in [0.25, 0.3) is 10.0 Å². The van der Waals surface area contributed by atoms with Gasteiger partial charge in [0.1, 0.15) is 5.75 Å². The van der Waals surface area contributed by atoms with Gasteiger partial charge in [-0.25, -0.2) is 8.42 Å². The van der Waals surface area contributed by atoms with Gasteiger partial charge in [0.2, 0.25) is 5.91 Å². The molecule has 6 nitrogen and oxygen atoms in total. The summed E-state index contributed by atoms with van der Waals surface area (Å²) in [5, 5.41) is 0. The van der Waals surface area contributed by atoms with Crippen LogP contribution in [0.4, 0.5) is 11.4 Å². The third-order valence-corrected chi connectivity index (χ3v) is 6.18. The molecule has 2 aromatic carbocycles. The van der Waals surface area contributed by atoms with E-state index in [-0.39, 0.29) is 10.8 Å². The molecule has 1 heterocycles. The molecule has 1 N–H and O–H groups in total. The highest BCUT2D eigenvalue weighted by Gasteiger charge is 2.21. The topological polar surface area (TPSA) is 75.7 Å². The zero-order valence-electron chi connectivity index (χ0n) is 17.1. The number of hydrogen-bond acceptors (Lipinski definition) is 4. The van der Waals surface area contributed by atoms with Crippen molar-refractivity contribution >= 4 is 27.3 Å². The zero-order valence-corrected chi connectivity index (χ0v) is 18.0. The highest BCUT2D eigenvalue weighted by molar-refractivity contribution is 7.92. The Morgan fingerprint density at radius 3 is 2.45 bits per heavy atom. The van der Waals surface area contributed by atoms with Gasteiger partial charge in [-0.2, -0.15) is 0 Å². The van der Waals surface area contributed by atoms with E-state index in [9.17, 15) is 13.2 Å². The maximum atomic E-state index is 12.7. The highest BCUT2D eigenvalue weighted by atomic mass is 32.2. The number of ether oxygens (including phenoxy) is 1. The number of aryl methyl sites for hydroxylation is 1. The summed E-state index contributed by atoms with van der Waals surface area (Å²) >= 11 is 0. The van der Waals surface area contributed by atoms with Gasteiger partial charge in [-0.05, 0) is 73.7 Å². The number of piperidine rings is 1. The molecule has 1 fully saturated rings. The van der Waals surface area contributed by atoms with Crippen LogP contribution in [0.3, 0.4) is 0 Å². The fraction of sp³-hybridized carbons (Fsp3) is 0.409. The number of benzene rings is 2. The Hall–Kier alpha value is -2.54. The van der Waals surface area contributed by atoms with Crippen LogP contribution in [0, 0.1) is 12.8 Å². The van der Waals surface area contributed by atoms with Crippen molar-refractivity contribution in [3.63, 3.8) is 0 Å². The first-order valence-electron chi connectivity index (χ1n) is 9.93. The van der Waals surface area contributed by atoms with Crippen LogP contribution in [0.15, 0.2) is 47.4 Å². The van der Waals surface area contributed by atoms with Crippen LogP contribution >= 0.6 is 0 Å². The molecular weight excluding hydrogens is 388 g/mol. The van der Waals surface area contributed by atoms with Crippen molar-refractivity contribution in [3.05, 3.63) is 48.0 Å². The number of nitrogens with one attached hydrogen (secondary N) is 1. The molecule has 1 saturated heterocycles. The number of rotatable bonds is 7. The van der Waals surface area contributed by atoms with Crippen molar-refractivity contribution in [2.24, 2.45) is 5.92 Å². The summed E-state index contributed by atoms with van der Waals surface area (Å²) in [6.45, 7) is 7.27. The molecule has 0 radical (unpaired) electrons. The van der Waals surface area contributed by atoms with Gasteiger partial charge in [-0.15, -0.1) is 0 Å². The number of hydrogen-bond donors (Lipinski definition) is 1. The molecule has 3 rings (SSSR count). The average molecular weight is 417 g/mol. The average Bonchev–Trinajstić information content (AvgIpc) is 2.67. The predicted octanol–water partition coefficient (Wildman–Crippen LogP) is 4.35. The Kier molecular flexibility index (Phi) is 6.47. The van der Waals surface area contributed by atoms with E-state index in [1.807, 2.05) is 6.92 Å². The van der Waals surface area contributed by atoms with E-state index < -0.39 is 10.0 Å². The molecule has 0 saturated carbocycles. The predicted molar refractivity (Wildman–Crippen MR) is 115 cm³/mol. The molecule has 156 valence electrons. The molecular formula is C22H28N2O4S. The molecule has 7 heteroatoms. The number of carbonyl (C=O) groups excluding carboxylic acids is 1. The summed E-state index contributed by atoms with van der Waals surface area (Å²) in [6.07, 6.45) is 2.47. The van der Waals surface area contributed by atoms with E-state index in [1.54, 1.807) is 35.2 Å². The van der Waals surface area contributed by atoms with Gasteiger partial charge in [0.15, 0.2) is 0 Å². The summed E-state index contributed by atoms with van der Waals surface area (Å²) in [4.78, 5) is 14.1. The molecule has 0 aliphatic carbocycles. The van der Waals surface area contributed by atoms with Gasteiger partial charge in [-0.1, -0.05) is 13.8 Å². The van der Waals surface area contributed by atoms with Crippen molar-refractivity contribution in [2.75, 3.05) is 22.8 Å². The van der Waals surface area contributed by atoms with Crippen LogP contribution in [-0.2, 0) is 14.8 Å². The molecule has 0 aromatic heterocycles. The maximum absolute atomic E-state index is 12.7. The van der Waals surface area contributed by atoms with Gasteiger partial charge < -0.3 is 9.64 Å².